The molecule has 2 unspecified atom stereocenters. The Kier molecular flexibility index (Phi) is 4.96. The van der Waals surface area contributed by atoms with Crippen molar-refractivity contribution < 1.29 is 19.8 Å². The van der Waals surface area contributed by atoms with Crippen molar-refractivity contribution in [1.82, 2.24) is 5.32 Å². The highest BCUT2D eigenvalue weighted by Crippen LogP contribution is 2.23. The Morgan fingerprint density at radius 1 is 1.19 bits per heavy atom. The summed E-state index contributed by atoms with van der Waals surface area (Å²) in [4.78, 5) is 23.1. The lowest BCUT2D eigenvalue weighted by molar-refractivity contribution is 0.0662. The van der Waals surface area contributed by atoms with Crippen LogP contribution in [0.5, 0.6) is 0 Å². The van der Waals surface area contributed by atoms with Gasteiger partial charge >= 0.3 is 5.97 Å². The SMILES string of the molecule is Cc1cc(C(=O)O)cc(C(=O)NCC2CCCCC2O)c1. The van der Waals surface area contributed by atoms with Crippen LogP contribution in [0.1, 0.15) is 52.0 Å². The van der Waals surface area contributed by atoms with Gasteiger partial charge in [-0.05, 0) is 43.5 Å². The molecule has 3 N–H and O–H groups in total. The van der Waals surface area contributed by atoms with E-state index in [1.54, 1.807) is 13.0 Å². The number of rotatable bonds is 4. The van der Waals surface area contributed by atoms with Crippen molar-refractivity contribution in [3.05, 3.63) is 34.9 Å². The van der Waals surface area contributed by atoms with Crippen molar-refractivity contribution in [2.75, 3.05) is 6.54 Å². The number of aryl methyl sites for hydroxylation is 1. The van der Waals surface area contributed by atoms with E-state index in [2.05, 4.69) is 5.32 Å². The second-order valence-corrected chi connectivity index (χ2v) is 5.71. The minimum absolute atomic E-state index is 0.0893. The van der Waals surface area contributed by atoms with Crippen molar-refractivity contribution in [1.29, 1.82) is 0 Å². The number of nitrogens with one attached hydrogen (secondary N) is 1. The lowest BCUT2D eigenvalue weighted by atomic mass is 9.86. The topological polar surface area (TPSA) is 86.6 Å². The zero-order chi connectivity index (χ0) is 15.4. The van der Waals surface area contributed by atoms with E-state index in [0.29, 0.717) is 12.1 Å². The Bertz CT molecular complexity index is 541. The number of aliphatic hydroxyl groups is 1. The third kappa shape index (κ3) is 4.04. The van der Waals surface area contributed by atoms with Crippen LogP contribution in [0.25, 0.3) is 0 Å². The van der Waals surface area contributed by atoms with Gasteiger partial charge < -0.3 is 15.5 Å². The fourth-order valence-corrected chi connectivity index (χ4v) is 2.79. The highest BCUT2D eigenvalue weighted by molar-refractivity contribution is 5.97. The molecule has 0 spiro atoms. The van der Waals surface area contributed by atoms with Gasteiger partial charge in [-0.25, -0.2) is 4.79 Å². The van der Waals surface area contributed by atoms with Gasteiger partial charge in [0.05, 0.1) is 11.7 Å². The first-order valence-corrected chi connectivity index (χ1v) is 7.28. The summed E-state index contributed by atoms with van der Waals surface area (Å²) in [6.45, 7) is 2.18. The monoisotopic (exact) mass is 291 g/mol. The molecule has 1 fully saturated rings. The predicted molar refractivity (Wildman–Crippen MR) is 78.4 cm³/mol. The number of carboxylic acid groups (broad SMARTS) is 1. The number of hydrogen-bond acceptors (Lipinski definition) is 3. The van der Waals surface area contributed by atoms with Crippen LogP contribution in [0.2, 0.25) is 0 Å². The summed E-state index contributed by atoms with van der Waals surface area (Å²) in [5.74, 6) is -1.25. The average Bonchev–Trinajstić information content (AvgIpc) is 2.45. The van der Waals surface area contributed by atoms with Crippen molar-refractivity contribution in [2.24, 2.45) is 5.92 Å². The standard InChI is InChI=1S/C16H21NO4/c1-10-6-12(8-13(7-10)16(20)21)15(19)17-9-11-4-2-3-5-14(11)18/h6-8,11,14,18H,2-5,9H2,1H3,(H,17,19)(H,20,21). The maximum atomic E-state index is 12.1. The Balaban J connectivity index is 2.01. The van der Waals surface area contributed by atoms with Gasteiger partial charge in [0.15, 0.2) is 0 Å². The summed E-state index contributed by atoms with van der Waals surface area (Å²) in [5.41, 5.74) is 1.19. The summed E-state index contributed by atoms with van der Waals surface area (Å²) < 4.78 is 0. The Labute approximate surface area is 124 Å². The molecule has 1 aliphatic carbocycles. The molecule has 5 nitrogen and oxygen atoms in total. The summed E-state index contributed by atoms with van der Waals surface area (Å²) in [6, 6.07) is 4.57. The van der Waals surface area contributed by atoms with E-state index in [9.17, 15) is 14.7 Å². The van der Waals surface area contributed by atoms with E-state index in [1.807, 2.05) is 0 Å². The van der Waals surface area contributed by atoms with Crippen molar-refractivity contribution in [3.63, 3.8) is 0 Å². The maximum Gasteiger partial charge on any atom is 0.335 e. The van der Waals surface area contributed by atoms with Crippen LogP contribution in [0.15, 0.2) is 18.2 Å². The molecule has 21 heavy (non-hydrogen) atoms. The second kappa shape index (κ2) is 6.72. The molecular formula is C16H21NO4. The zero-order valence-corrected chi connectivity index (χ0v) is 12.1. The third-order valence-corrected chi connectivity index (χ3v) is 3.98. The van der Waals surface area contributed by atoms with E-state index in [0.717, 1.165) is 31.2 Å². The predicted octanol–water partition coefficient (Wildman–Crippen LogP) is 1.97. The lowest BCUT2D eigenvalue weighted by Gasteiger charge is -2.27. The average molecular weight is 291 g/mol. The normalized spacial score (nSPS) is 21.8. The molecule has 2 atom stereocenters. The Morgan fingerprint density at radius 3 is 2.52 bits per heavy atom. The first kappa shape index (κ1) is 15.5. The van der Waals surface area contributed by atoms with E-state index in [4.69, 9.17) is 5.11 Å². The minimum atomic E-state index is -1.05. The summed E-state index contributed by atoms with van der Waals surface area (Å²) in [5, 5.41) is 21.7. The highest BCUT2D eigenvalue weighted by Gasteiger charge is 2.23. The van der Waals surface area contributed by atoms with Crippen LogP contribution in [0.4, 0.5) is 0 Å². The Morgan fingerprint density at radius 2 is 1.86 bits per heavy atom. The summed E-state index contributed by atoms with van der Waals surface area (Å²) >= 11 is 0. The first-order chi connectivity index (χ1) is 9.97. The van der Waals surface area contributed by atoms with Gasteiger partial charge in [0.1, 0.15) is 0 Å². The third-order valence-electron chi connectivity index (χ3n) is 3.98. The van der Waals surface area contributed by atoms with Crippen molar-refractivity contribution in [2.45, 2.75) is 38.7 Å². The number of amides is 1. The van der Waals surface area contributed by atoms with Crippen LogP contribution in [-0.2, 0) is 0 Å². The quantitative estimate of drug-likeness (QED) is 0.791. The number of aromatic carboxylic acids is 1. The van der Waals surface area contributed by atoms with Gasteiger partial charge in [0.25, 0.3) is 5.91 Å². The maximum absolute atomic E-state index is 12.1. The van der Waals surface area contributed by atoms with E-state index in [1.165, 1.54) is 12.1 Å². The number of carbonyl (C=O) groups is 2. The number of benzene rings is 1. The van der Waals surface area contributed by atoms with Crippen LogP contribution >= 0.6 is 0 Å². The lowest BCUT2D eigenvalue weighted by Crippen LogP contribution is -2.36. The van der Waals surface area contributed by atoms with Crippen LogP contribution in [0, 0.1) is 12.8 Å². The van der Waals surface area contributed by atoms with E-state index < -0.39 is 5.97 Å². The first-order valence-electron chi connectivity index (χ1n) is 7.28. The number of hydrogen-bond donors (Lipinski definition) is 3. The van der Waals surface area contributed by atoms with Gasteiger partial charge in [-0.1, -0.05) is 12.8 Å². The molecule has 1 aliphatic rings. The molecular weight excluding hydrogens is 270 g/mol. The van der Waals surface area contributed by atoms with Crippen molar-refractivity contribution >= 4 is 11.9 Å². The van der Waals surface area contributed by atoms with Gasteiger partial charge in [0.2, 0.25) is 0 Å². The Hall–Kier alpha value is -1.88. The molecule has 114 valence electrons. The van der Waals surface area contributed by atoms with Gasteiger partial charge in [-0.15, -0.1) is 0 Å². The highest BCUT2D eigenvalue weighted by atomic mass is 16.4. The van der Waals surface area contributed by atoms with Crippen LogP contribution < -0.4 is 5.32 Å². The van der Waals surface area contributed by atoms with Gasteiger partial charge in [-0.2, -0.15) is 0 Å². The minimum Gasteiger partial charge on any atom is -0.478 e. The fraction of sp³-hybridized carbons (Fsp3) is 0.500. The number of aliphatic hydroxyl groups excluding tert-OH is 1. The molecule has 0 bridgehead atoms. The summed E-state index contributed by atoms with van der Waals surface area (Å²) in [7, 11) is 0. The molecule has 1 aromatic carbocycles. The molecule has 0 aliphatic heterocycles. The van der Waals surface area contributed by atoms with Crippen LogP contribution in [0.3, 0.4) is 0 Å². The fourth-order valence-electron chi connectivity index (χ4n) is 2.79. The molecule has 1 aromatic rings. The molecule has 5 heteroatoms. The molecule has 0 heterocycles. The van der Waals surface area contributed by atoms with E-state index >= 15 is 0 Å². The molecule has 1 amide bonds. The van der Waals surface area contributed by atoms with Crippen molar-refractivity contribution in [3.8, 4) is 0 Å². The number of carbonyl (C=O) groups excluding carboxylic acids is 1. The van der Waals surface area contributed by atoms with Crippen LogP contribution in [-0.4, -0.2) is 34.7 Å². The van der Waals surface area contributed by atoms with Gasteiger partial charge in [-0.3, -0.25) is 4.79 Å². The van der Waals surface area contributed by atoms with E-state index in [-0.39, 0.29) is 23.5 Å². The largest absolute Gasteiger partial charge is 0.478 e. The molecule has 2 rings (SSSR count). The smallest absolute Gasteiger partial charge is 0.335 e. The summed E-state index contributed by atoms with van der Waals surface area (Å²) in [6.07, 6.45) is 3.45. The molecule has 0 radical (unpaired) electrons. The molecule has 0 saturated heterocycles. The van der Waals surface area contributed by atoms with Gasteiger partial charge in [0, 0.05) is 18.0 Å². The zero-order valence-electron chi connectivity index (χ0n) is 12.1. The molecule has 0 aromatic heterocycles. The molecule has 1 saturated carbocycles. The second-order valence-electron chi connectivity index (χ2n) is 5.71. The number of carboxylic acids is 1.